The van der Waals surface area contributed by atoms with Crippen molar-refractivity contribution in [1.82, 2.24) is 0 Å². The molecule has 3 heteroatoms. The molecule has 6 fully saturated rings. The summed E-state index contributed by atoms with van der Waals surface area (Å²) in [4.78, 5) is 13.1. The van der Waals surface area contributed by atoms with E-state index in [0.717, 1.165) is 23.7 Å². The molecule has 0 aliphatic heterocycles. The van der Waals surface area contributed by atoms with E-state index in [1.165, 1.54) is 333 Å². The van der Waals surface area contributed by atoms with Gasteiger partial charge >= 0.3 is 0 Å². The molecule has 6 saturated carbocycles. The quantitative estimate of drug-likeness (QED) is 0.0797. The van der Waals surface area contributed by atoms with Gasteiger partial charge in [0.2, 0.25) is 0 Å². The molecule has 0 spiro atoms. The van der Waals surface area contributed by atoms with Gasteiger partial charge in [-0.3, -0.25) is 0 Å². The Balaban J connectivity index is 0.559. The Morgan fingerprint density at radius 3 is 0.631 bits per heavy atom. The van der Waals surface area contributed by atoms with Crippen LogP contribution in [0.15, 0.2) is 275 Å². The van der Waals surface area contributed by atoms with Crippen LogP contribution in [0.5, 0.6) is 0 Å². The summed E-state index contributed by atoms with van der Waals surface area (Å²) in [5, 5.41) is 0. The molecule has 0 aromatic heterocycles. The van der Waals surface area contributed by atoms with Crippen molar-refractivity contribution in [3.8, 4) is 0 Å². The van der Waals surface area contributed by atoms with Gasteiger partial charge in [-0.2, -0.15) is 0 Å². The van der Waals surface area contributed by atoms with Crippen LogP contribution in [-0.2, 0) is 32.7 Å². The van der Waals surface area contributed by atoms with Gasteiger partial charge in [-0.1, -0.05) is 314 Å². The Hall–Kier alpha value is -5.97. The lowest BCUT2D eigenvalue weighted by atomic mass is 9.73. The number of hydrogen-bond acceptors (Lipinski definition) is 0. The Bertz CT molecular complexity index is 4020. The SMILES string of the molecule is c1ccc([S+](c2ccc(C3CCCCCCCCC3)cc2)c2ccc(C3CCCCCC(c4cccc([S+](c5ccccc5)c5ccc(C6CCCCC(C7CCCCC(c8ccc([S+](c9ccc(C%10CCCCCCC%10)cc9)c9ccc(C%10CCCCCCC%10)cc9)cc8)CC7)CCCC6)cc5)c4)CCC3)cc2)cc1. The summed E-state index contributed by atoms with van der Waals surface area (Å²) in [7, 11) is -0.448. The first-order chi connectivity index (χ1) is 55.1. The van der Waals surface area contributed by atoms with E-state index in [0.29, 0.717) is 29.6 Å². The van der Waals surface area contributed by atoms with Gasteiger partial charge in [0.25, 0.3) is 0 Å². The van der Waals surface area contributed by atoms with E-state index in [2.05, 4.69) is 231 Å². The first-order valence-electron chi connectivity index (χ1n) is 46.1. The van der Waals surface area contributed by atoms with Crippen molar-refractivity contribution < 1.29 is 0 Å². The highest BCUT2D eigenvalue weighted by molar-refractivity contribution is 7.97. The van der Waals surface area contributed by atoms with Crippen molar-refractivity contribution in [3.63, 3.8) is 0 Å². The topological polar surface area (TPSA) is 0 Å². The minimum Gasteiger partial charge on any atom is -0.0619 e. The number of rotatable bonds is 17. The molecule has 6 unspecified atom stereocenters. The first kappa shape index (κ1) is 80.2. The van der Waals surface area contributed by atoms with E-state index in [-0.39, 0.29) is 32.7 Å². The van der Waals surface area contributed by atoms with Gasteiger partial charge in [-0.15, -0.1) is 0 Å². The first-order valence-corrected chi connectivity index (χ1v) is 49.8. The summed E-state index contributed by atoms with van der Waals surface area (Å²) in [6.45, 7) is 0. The van der Waals surface area contributed by atoms with Crippen molar-refractivity contribution in [1.29, 1.82) is 0 Å². The molecular formula is C108H137S3+3. The van der Waals surface area contributed by atoms with E-state index in [9.17, 15) is 0 Å². The highest BCUT2D eigenvalue weighted by Gasteiger charge is 2.35. The molecule has 9 aromatic carbocycles. The Labute approximate surface area is 683 Å². The fourth-order valence-corrected chi connectivity index (χ4v) is 28.0. The van der Waals surface area contributed by atoms with Crippen LogP contribution in [0.3, 0.4) is 0 Å². The molecule has 111 heavy (non-hydrogen) atoms. The van der Waals surface area contributed by atoms with Gasteiger partial charge in [0.15, 0.2) is 44.1 Å². The van der Waals surface area contributed by atoms with Crippen LogP contribution in [0.2, 0.25) is 0 Å². The lowest BCUT2D eigenvalue weighted by Crippen LogP contribution is -2.19. The number of benzene rings is 9. The largest absolute Gasteiger partial charge is 0.166 e. The summed E-state index contributed by atoms with van der Waals surface area (Å²) in [5.41, 5.74) is 11.0. The molecule has 6 aliphatic rings. The lowest BCUT2D eigenvalue weighted by Gasteiger charge is -2.32. The molecule has 584 valence electrons. The van der Waals surface area contributed by atoms with Crippen LogP contribution in [0, 0.1) is 11.8 Å². The molecule has 15 rings (SSSR count). The molecule has 0 N–H and O–H groups in total. The maximum Gasteiger partial charge on any atom is 0.166 e. The van der Waals surface area contributed by atoms with Crippen LogP contribution in [0.1, 0.15) is 369 Å². The maximum absolute atomic E-state index is 2.66. The van der Waals surface area contributed by atoms with Crippen molar-refractivity contribution in [2.24, 2.45) is 11.8 Å². The highest BCUT2D eigenvalue weighted by Crippen LogP contribution is 2.46. The van der Waals surface area contributed by atoms with Crippen LogP contribution < -0.4 is 0 Å². The van der Waals surface area contributed by atoms with E-state index in [4.69, 9.17) is 0 Å². The van der Waals surface area contributed by atoms with Gasteiger partial charge in [-0.05, 0) is 298 Å². The summed E-state index contributed by atoms with van der Waals surface area (Å²) in [6, 6.07) is 93.8. The van der Waals surface area contributed by atoms with Crippen LogP contribution >= 0.6 is 0 Å². The lowest BCUT2D eigenvalue weighted by molar-refractivity contribution is 0.218. The monoisotopic (exact) mass is 1530 g/mol. The second kappa shape index (κ2) is 42.6. The van der Waals surface area contributed by atoms with Crippen LogP contribution in [-0.4, -0.2) is 0 Å². The zero-order valence-corrected chi connectivity index (χ0v) is 70.6. The van der Waals surface area contributed by atoms with E-state index >= 15 is 0 Å². The zero-order valence-electron chi connectivity index (χ0n) is 68.2. The summed E-state index contributed by atoms with van der Waals surface area (Å²) in [6.07, 6.45) is 61.8. The average molecular weight is 1530 g/mol. The van der Waals surface area contributed by atoms with Crippen molar-refractivity contribution >= 4 is 32.7 Å². The fourth-order valence-electron chi connectivity index (χ4n) is 21.7. The summed E-state index contributed by atoms with van der Waals surface area (Å²) < 4.78 is 0. The smallest absolute Gasteiger partial charge is 0.0619 e. The zero-order chi connectivity index (χ0) is 74.9. The van der Waals surface area contributed by atoms with Gasteiger partial charge in [0.05, 0.1) is 32.7 Å². The fraction of sp³-hybridized carbons (Fsp3) is 0.500. The van der Waals surface area contributed by atoms with E-state index < -0.39 is 0 Å². The third-order valence-corrected chi connectivity index (χ3v) is 34.9. The second-order valence-corrected chi connectivity index (χ2v) is 41.8. The van der Waals surface area contributed by atoms with Crippen LogP contribution in [0.4, 0.5) is 0 Å². The predicted molar refractivity (Wildman–Crippen MR) is 478 cm³/mol. The molecule has 6 atom stereocenters. The van der Waals surface area contributed by atoms with Gasteiger partial charge in [0.1, 0.15) is 0 Å². The normalized spacial score (nSPS) is 23.6. The molecule has 6 aliphatic carbocycles. The molecule has 0 saturated heterocycles. The predicted octanol–water partition coefficient (Wildman–Crippen LogP) is 32.8. The standard InChI is InChI=1S/C108H137S3/c1-2-6-15-35-85(36-16-7-3-1)93-59-71-102(72-60-93)109(100-52-23-13-24-53-100)103-73-65-97(66-74-103)89-41-21-12-22-42-90(50-33-49-89)99-51-34-56-108(83-99)111(101-54-25-14-26-55-101)107-81-67-96(68-82-107)88-45-29-27-43-84(44-28-30-46-88)91-47-31-32-48-92(58-57-91)98-69-79-106(80-70-98)110(104-75-61-94(62-76-104)86-37-17-8-4-9-18-38-86)105-77-63-95(64-78-105)87-39-19-10-5-11-20-40-87/h13-14,23-26,34,51-56,59-92H,1-12,15-22,27-33,35-50,57-58H2/q+3. The van der Waals surface area contributed by atoms with Crippen molar-refractivity contribution in [2.75, 3.05) is 0 Å². The van der Waals surface area contributed by atoms with Gasteiger partial charge < -0.3 is 0 Å². The molecule has 0 nitrogen and oxygen atoms in total. The molecule has 0 radical (unpaired) electrons. The minimum absolute atomic E-state index is 0.133. The molecule has 0 heterocycles. The average Bonchev–Trinajstić information content (AvgIpc) is 0.805. The Morgan fingerprint density at radius 1 is 0.135 bits per heavy atom. The minimum atomic E-state index is -0.176. The third-order valence-electron chi connectivity index (χ3n) is 28.3. The summed E-state index contributed by atoms with van der Waals surface area (Å²) in [5.74, 6) is 6.48. The van der Waals surface area contributed by atoms with E-state index in [1.807, 2.05) is 0 Å². The maximum atomic E-state index is 2.66. The van der Waals surface area contributed by atoms with Crippen LogP contribution in [0.25, 0.3) is 0 Å². The Kier molecular flexibility index (Phi) is 30.8. The van der Waals surface area contributed by atoms with Crippen molar-refractivity contribution in [3.05, 3.63) is 269 Å². The van der Waals surface area contributed by atoms with E-state index in [1.54, 1.807) is 38.9 Å². The van der Waals surface area contributed by atoms with Crippen molar-refractivity contribution in [2.45, 2.75) is 374 Å². The second-order valence-electron chi connectivity index (χ2n) is 35.7. The third kappa shape index (κ3) is 22.4. The number of hydrogen-bond donors (Lipinski definition) is 0. The highest BCUT2D eigenvalue weighted by atomic mass is 32.2. The molecule has 0 bridgehead atoms. The molecular weight excluding hydrogens is 1390 g/mol. The molecule has 0 amide bonds. The van der Waals surface area contributed by atoms with Gasteiger partial charge in [-0.25, -0.2) is 0 Å². The molecule has 9 aromatic rings. The Morgan fingerprint density at radius 2 is 0.333 bits per heavy atom. The summed E-state index contributed by atoms with van der Waals surface area (Å²) >= 11 is 0. The van der Waals surface area contributed by atoms with Gasteiger partial charge in [0, 0.05) is 0 Å².